The molecule has 3 N–H and O–H groups in total. The van der Waals surface area contributed by atoms with Crippen LogP contribution >= 0.6 is 0 Å². The maximum atomic E-state index is 12.3. The highest BCUT2D eigenvalue weighted by atomic mass is 16.5. The monoisotopic (exact) mass is 421 g/mol. The second-order valence-electron chi connectivity index (χ2n) is 7.31. The molecule has 0 unspecified atom stereocenters. The maximum Gasteiger partial charge on any atom is 0.251 e. The summed E-state index contributed by atoms with van der Waals surface area (Å²) in [6.07, 6.45) is 1.69. The molecule has 0 bridgehead atoms. The molecule has 0 aliphatic heterocycles. The molecule has 1 aromatic heterocycles. The average molecular weight is 421 g/mol. The Labute approximate surface area is 181 Å². The van der Waals surface area contributed by atoms with Crippen molar-refractivity contribution in [2.45, 2.75) is 33.0 Å². The molecule has 0 atom stereocenters. The molecule has 2 amide bonds. The zero-order valence-electron chi connectivity index (χ0n) is 17.7. The van der Waals surface area contributed by atoms with E-state index in [9.17, 15) is 9.59 Å². The average Bonchev–Trinajstić information content (AvgIpc) is 3.27. The molecule has 0 aliphatic rings. The van der Waals surface area contributed by atoms with Gasteiger partial charge in [0.05, 0.1) is 25.5 Å². The Bertz CT molecular complexity index is 982. The molecule has 0 spiro atoms. The summed E-state index contributed by atoms with van der Waals surface area (Å²) >= 11 is 0. The number of anilines is 1. The lowest BCUT2D eigenvalue weighted by Gasteiger charge is -2.11. The second kappa shape index (κ2) is 11.0. The Kier molecular flexibility index (Phi) is 7.84. The lowest BCUT2D eigenvalue weighted by atomic mass is 10.2. The van der Waals surface area contributed by atoms with Crippen LogP contribution in [0.25, 0.3) is 0 Å². The van der Waals surface area contributed by atoms with Gasteiger partial charge < -0.3 is 25.1 Å². The van der Waals surface area contributed by atoms with E-state index in [-0.39, 0.29) is 24.5 Å². The van der Waals surface area contributed by atoms with Gasteiger partial charge in [0.2, 0.25) is 5.91 Å². The molecule has 3 rings (SSSR count). The zero-order valence-corrected chi connectivity index (χ0v) is 17.7. The normalized spacial score (nSPS) is 10.7. The minimum absolute atomic E-state index is 0.133. The van der Waals surface area contributed by atoms with Crippen molar-refractivity contribution in [2.24, 2.45) is 0 Å². The zero-order chi connectivity index (χ0) is 22.1. The van der Waals surface area contributed by atoms with E-state index in [0.29, 0.717) is 30.1 Å². The topological polar surface area (TPSA) is 92.6 Å². The van der Waals surface area contributed by atoms with E-state index in [2.05, 4.69) is 16.0 Å². The van der Waals surface area contributed by atoms with Crippen LogP contribution in [0.4, 0.5) is 5.69 Å². The van der Waals surface area contributed by atoms with Crippen LogP contribution in [0.3, 0.4) is 0 Å². The third kappa shape index (κ3) is 7.31. The van der Waals surface area contributed by atoms with Crippen LogP contribution in [0.2, 0.25) is 0 Å². The van der Waals surface area contributed by atoms with Crippen molar-refractivity contribution in [1.29, 1.82) is 0 Å². The van der Waals surface area contributed by atoms with Gasteiger partial charge in [-0.1, -0.05) is 18.2 Å². The lowest BCUT2D eigenvalue weighted by Crippen LogP contribution is -2.28. The van der Waals surface area contributed by atoms with Crippen molar-refractivity contribution in [3.05, 3.63) is 83.8 Å². The third-order valence-electron chi connectivity index (χ3n) is 4.32. The van der Waals surface area contributed by atoms with Gasteiger partial charge in [0.15, 0.2) is 0 Å². The number of nitrogens with one attached hydrogen (secondary N) is 3. The first-order valence-electron chi connectivity index (χ1n) is 10.2. The van der Waals surface area contributed by atoms with Gasteiger partial charge in [0.25, 0.3) is 5.91 Å². The van der Waals surface area contributed by atoms with Crippen molar-refractivity contribution < 1.29 is 18.7 Å². The lowest BCUT2D eigenvalue weighted by molar-refractivity contribution is -0.115. The summed E-state index contributed by atoms with van der Waals surface area (Å²) in [6, 6.07) is 18.1. The predicted octanol–water partition coefficient (Wildman–Crippen LogP) is 3.73. The van der Waals surface area contributed by atoms with Crippen molar-refractivity contribution >= 4 is 17.5 Å². The van der Waals surface area contributed by atoms with Gasteiger partial charge in [0.1, 0.15) is 11.5 Å². The number of hydrogen-bond donors (Lipinski definition) is 3. The van der Waals surface area contributed by atoms with Crippen LogP contribution in [0.15, 0.2) is 71.3 Å². The molecule has 2 aromatic carbocycles. The Morgan fingerprint density at radius 2 is 1.81 bits per heavy atom. The molecular formula is C24H27N3O4. The van der Waals surface area contributed by atoms with E-state index in [0.717, 1.165) is 11.3 Å². The number of ether oxygens (including phenoxy) is 1. The highest BCUT2D eigenvalue weighted by Crippen LogP contribution is 2.14. The van der Waals surface area contributed by atoms with Crippen LogP contribution in [-0.4, -0.2) is 24.5 Å². The smallest absolute Gasteiger partial charge is 0.251 e. The predicted molar refractivity (Wildman–Crippen MR) is 119 cm³/mol. The van der Waals surface area contributed by atoms with Gasteiger partial charge >= 0.3 is 0 Å². The largest absolute Gasteiger partial charge is 0.491 e. The minimum Gasteiger partial charge on any atom is -0.491 e. The first kappa shape index (κ1) is 22.1. The van der Waals surface area contributed by atoms with Gasteiger partial charge in [-0.2, -0.15) is 0 Å². The fourth-order valence-electron chi connectivity index (χ4n) is 2.90. The second-order valence-corrected chi connectivity index (χ2v) is 7.31. The number of benzene rings is 2. The van der Waals surface area contributed by atoms with E-state index in [1.807, 2.05) is 38.1 Å². The van der Waals surface area contributed by atoms with Gasteiger partial charge in [-0.05, 0) is 61.9 Å². The SMILES string of the molecule is CC(C)Oc1ccc(CNCC(=O)Nc2cccc(C(=O)NCc3ccco3)c2)cc1. The van der Waals surface area contributed by atoms with Crippen molar-refractivity contribution in [1.82, 2.24) is 10.6 Å². The first-order valence-corrected chi connectivity index (χ1v) is 10.2. The fraction of sp³-hybridized carbons (Fsp3) is 0.250. The maximum absolute atomic E-state index is 12.3. The summed E-state index contributed by atoms with van der Waals surface area (Å²) < 4.78 is 10.8. The Hall–Kier alpha value is -3.58. The molecule has 7 heteroatoms. The summed E-state index contributed by atoms with van der Waals surface area (Å²) in [5, 5.41) is 8.70. The van der Waals surface area contributed by atoms with Crippen LogP contribution < -0.4 is 20.7 Å². The molecule has 162 valence electrons. The summed E-state index contributed by atoms with van der Waals surface area (Å²) in [4.78, 5) is 24.5. The number of carbonyl (C=O) groups is 2. The molecule has 7 nitrogen and oxygen atoms in total. The van der Waals surface area contributed by atoms with Crippen molar-refractivity contribution in [2.75, 3.05) is 11.9 Å². The number of hydrogen-bond acceptors (Lipinski definition) is 5. The minimum atomic E-state index is -0.240. The van der Waals surface area contributed by atoms with E-state index in [1.54, 1.807) is 42.7 Å². The summed E-state index contributed by atoms with van der Waals surface area (Å²) in [5.74, 6) is 1.07. The fourth-order valence-corrected chi connectivity index (χ4v) is 2.90. The third-order valence-corrected chi connectivity index (χ3v) is 4.32. The van der Waals surface area contributed by atoms with Crippen LogP contribution in [0.5, 0.6) is 5.75 Å². The molecule has 1 heterocycles. The Balaban J connectivity index is 1.43. The van der Waals surface area contributed by atoms with Crippen LogP contribution in [0, 0.1) is 0 Å². The molecule has 31 heavy (non-hydrogen) atoms. The molecule has 0 saturated carbocycles. The van der Waals surface area contributed by atoms with E-state index in [1.165, 1.54) is 0 Å². The van der Waals surface area contributed by atoms with Crippen LogP contribution in [-0.2, 0) is 17.9 Å². The highest BCUT2D eigenvalue weighted by molar-refractivity contribution is 5.97. The number of carbonyl (C=O) groups excluding carboxylic acids is 2. The van der Waals surface area contributed by atoms with Crippen LogP contribution in [0.1, 0.15) is 35.5 Å². The van der Waals surface area contributed by atoms with E-state index < -0.39 is 0 Å². The quantitative estimate of drug-likeness (QED) is 0.464. The molecule has 0 fully saturated rings. The van der Waals surface area contributed by atoms with Gasteiger partial charge in [0, 0.05) is 17.8 Å². The van der Waals surface area contributed by atoms with Gasteiger partial charge in [-0.25, -0.2) is 0 Å². The number of rotatable bonds is 10. The number of furan rings is 1. The van der Waals surface area contributed by atoms with E-state index in [4.69, 9.17) is 9.15 Å². The summed E-state index contributed by atoms with van der Waals surface area (Å²) in [6.45, 7) is 4.98. The highest BCUT2D eigenvalue weighted by Gasteiger charge is 2.09. The Morgan fingerprint density at radius 3 is 2.52 bits per heavy atom. The van der Waals surface area contributed by atoms with Crippen molar-refractivity contribution in [3.63, 3.8) is 0 Å². The van der Waals surface area contributed by atoms with Gasteiger partial charge in [-0.3, -0.25) is 9.59 Å². The molecule has 3 aromatic rings. The van der Waals surface area contributed by atoms with Gasteiger partial charge in [-0.15, -0.1) is 0 Å². The standard InChI is InChI=1S/C24H27N3O4/c1-17(2)31-21-10-8-18(9-11-21)14-25-16-23(28)27-20-6-3-5-19(13-20)24(29)26-15-22-7-4-12-30-22/h3-13,17,25H,14-16H2,1-2H3,(H,26,29)(H,27,28). The molecule has 0 aliphatic carbocycles. The van der Waals surface area contributed by atoms with Crippen molar-refractivity contribution in [3.8, 4) is 5.75 Å². The molecule has 0 radical (unpaired) electrons. The first-order chi connectivity index (χ1) is 15.0. The number of amides is 2. The molecule has 0 saturated heterocycles. The Morgan fingerprint density at radius 1 is 1.00 bits per heavy atom. The van der Waals surface area contributed by atoms with E-state index >= 15 is 0 Å². The summed E-state index contributed by atoms with van der Waals surface area (Å²) in [7, 11) is 0. The summed E-state index contributed by atoms with van der Waals surface area (Å²) in [5.41, 5.74) is 2.08. The molecular weight excluding hydrogens is 394 g/mol.